The molecule has 0 saturated heterocycles. The zero-order valence-electron chi connectivity index (χ0n) is 7.79. The van der Waals surface area contributed by atoms with E-state index < -0.39 is 0 Å². The lowest BCUT2D eigenvalue weighted by Crippen LogP contribution is -1.97. The van der Waals surface area contributed by atoms with E-state index >= 15 is 0 Å². The van der Waals surface area contributed by atoms with E-state index in [2.05, 4.69) is 10.1 Å². The van der Waals surface area contributed by atoms with Crippen molar-refractivity contribution < 1.29 is 0 Å². The van der Waals surface area contributed by atoms with Gasteiger partial charge in [-0.15, -0.1) is 0 Å². The molecule has 0 bridgehead atoms. The molecule has 0 atom stereocenters. The molecular formula is C11H7N3S. The maximum absolute atomic E-state index is 4.98. The minimum atomic E-state index is 0.519. The second-order valence-electron chi connectivity index (χ2n) is 3.26. The highest BCUT2D eigenvalue weighted by atomic mass is 32.1. The Labute approximate surface area is 91.0 Å². The van der Waals surface area contributed by atoms with Crippen LogP contribution in [0.3, 0.4) is 0 Å². The summed E-state index contributed by atoms with van der Waals surface area (Å²) in [6.45, 7) is 0. The van der Waals surface area contributed by atoms with Gasteiger partial charge in [0.25, 0.3) is 0 Å². The van der Waals surface area contributed by atoms with Gasteiger partial charge in [-0.2, -0.15) is 5.10 Å². The molecule has 0 radical (unpaired) electrons. The third-order valence-electron chi connectivity index (χ3n) is 2.30. The van der Waals surface area contributed by atoms with Crippen LogP contribution in [0.15, 0.2) is 42.6 Å². The lowest BCUT2D eigenvalue weighted by atomic mass is 10.2. The highest BCUT2D eigenvalue weighted by molar-refractivity contribution is 7.71. The van der Waals surface area contributed by atoms with Crippen molar-refractivity contribution in [3.8, 4) is 0 Å². The van der Waals surface area contributed by atoms with Gasteiger partial charge in [0, 0.05) is 5.39 Å². The molecule has 0 saturated carbocycles. The standard InChI is InChI=1S/C11H7N3S/c15-11-7-12-14-9-4-2-1-3-8(9)5-6-10(14)13-11/h1-7H. The molecule has 72 valence electrons. The predicted molar refractivity (Wildman–Crippen MR) is 61.3 cm³/mol. The van der Waals surface area contributed by atoms with Crippen molar-refractivity contribution in [3.63, 3.8) is 0 Å². The molecular weight excluding hydrogens is 206 g/mol. The quantitative estimate of drug-likeness (QED) is 0.425. The van der Waals surface area contributed by atoms with E-state index in [1.165, 1.54) is 0 Å². The van der Waals surface area contributed by atoms with Gasteiger partial charge in [0.15, 0.2) is 5.65 Å². The first kappa shape index (κ1) is 8.49. The van der Waals surface area contributed by atoms with E-state index in [-0.39, 0.29) is 0 Å². The number of benzene rings is 1. The summed E-state index contributed by atoms with van der Waals surface area (Å²) < 4.78 is 2.32. The van der Waals surface area contributed by atoms with Crippen LogP contribution in [0, 0.1) is 4.64 Å². The Morgan fingerprint density at radius 3 is 2.87 bits per heavy atom. The van der Waals surface area contributed by atoms with Crippen molar-refractivity contribution >= 4 is 28.8 Å². The number of nitrogens with zero attached hydrogens (tertiary/aromatic N) is 3. The number of rotatable bonds is 0. The molecule has 2 aromatic heterocycles. The average Bonchev–Trinajstić information content (AvgIpc) is 2.28. The van der Waals surface area contributed by atoms with Crippen LogP contribution in [0.25, 0.3) is 16.6 Å². The van der Waals surface area contributed by atoms with E-state index in [0.29, 0.717) is 4.64 Å². The third kappa shape index (κ3) is 1.30. The zero-order valence-corrected chi connectivity index (χ0v) is 8.61. The van der Waals surface area contributed by atoms with Crippen molar-refractivity contribution in [2.75, 3.05) is 0 Å². The van der Waals surface area contributed by atoms with Crippen molar-refractivity contribution in [2.24, 2.45) is 0 Å². The minimum absolute atomic E-state index is 0.519. The van der Waals surface area contributed by atoms with Crippen LogP contribution in [0.5, 0.6) is 0 Å². The molecule has 0 aliphatic carbocycles. The molecule has 0 amide bonds. The SMILES string of the molecule is S=c1cnn2c(ccc3ccccc32)n1. The molecule has 0 unspecified atom stereocenters. The van der Waals surface area contributed by atoms with Gasteiger partial charge in [0.05, 0.1) is 11.7 Å². The molecule has 3 aromatic rings. The summed E-state index contributed by atoms with van der Waals surface area (Å²) in [7, 11) is 0. The largest absolute Gasteiger partial charge is 0.216 e. The van der Waals surface area contributed by atoms with Gasteiger partial charge in [-0.25, -0.2) is 9.50 Å². The van der Waals surface area contributed by atoms with Crippen LogP contribution in [0.1, 0.15) is 0 Å². The average molecular weight is 213 g/mol. The van der Waals surface area contributed by atoms with Crippen LogP contribution in [-0.4, -0.2) is 14.6 Å². The maximum Gasteiger partial charge on any atom is 0.155 e. The normalized spacial score (nSPS) is 10.9. The van der Waals surface area contributed by atoms with Crippen molar-refractivity contribution in [1.82, 2.24) is 14.6 Å². The Hall–Kier alpha value is -1.81. The van der Waals surface area contributed by atoms with Crippen molar-refractivity contribution in [2.45, 2.75) is 0 Å². The van der Waals surface area contributed by atoms with Gasteiger partial charge in [-0.05, 0) is 18.2 Å². The van der Waals surface area contributed by atoms with E-state index in [1.807, 2.05) is 36.4 Å². The smallest absolute Gasteiger partial charge is 0.155 e. The number of hydrogen-bond donors (Lipinski definition) is 0. The van der Waals surface area contributed by atoms with E-state index in [9.17, 15) is 0 Å². The first-order valence-corrected chi connectivity index (χ1v) is 4.99. The molecule has 3 rings (SSSR count). The van der Waals surface area contributed by atoms with Gasteiger partial charge in [-0.1, -0.05) is 30.4 Å². The van der Waals surface area contributed by atoms with Gasteiger partial charge in [-0.3, -0.25) is 0 Å². The summed E-state index contributed by atoms with van der Waals surface area (Å²) in [5.74, 6) is 0. The fourth-order valence-electron chi connectivity index (χ4n) is 1.63. The number of aromatic nitrogens is 3. The molecule has 0 aliphatic rings. The van der Waals surface area contributed by atoms with Crippen LogP contribution in [0.2, 0.25) is 0 Å². The number of pyridine rings is 1. The van der Waals surface area contributed by atoms with Crippen LogP contribution in [0.4, 0.5) is 0 Å². The predicted octanol–water partition coefficient (Wildman–Crippen LogP) is 2.61. The van der Waals surface area contributed by atoms with Crippen LogP contribution < -0.4 is 0 Å². The topological polar surface area (TPSA) is 30.2 Å². The van der Waals surface area contributed by atoms with Gasteiger partial charge in [0.1, 0.15) is 4.64 Å². The lowest BCUT2D eigenvalue weighted by molar-refractivity contribution is 0.924. The highest BCUT2D eigenvalue weighted by Gasteiger charge is 1.98. The Balaban J connectivity index is 2.60. The zero-order chi connectivity index (χ0) is 10.3. The molecule has 0 fully saturated rings. The maximum atomic E-state index is 4.98. The van der Waals surface area contributed by atoms with Crippen LogP contribution >= 0.6 is 12.2 Å². The summed E-state index contributed by atoms with van der Waals surface area (Å²) in [5.41, 5.74) is 1.82. The Bertz CT molecular complexity index is 703. The van der Waals surface area contributed by atoms with E-state index in [1.54, 1.807) is 10.7 Å². The molecule has 0 N–H and O–H groups in total. The second kappa shape index (κ2) is 3.10. The summed E-state index contributed by atoms with van der Waals surface area (Å²) >= 11 is 4.98. The molecule has 15 heavy (non-hydrogen) atoms. The van der Waals surface area contributed by atoms with Gasteiger partial charge >= 0.3 is 0 Å². The van der Waals surface area contributed by atoms with Gasteiger partial charge in [0.2, 0.25) is 0 Å². The lowest BCUT2D eigenvalue weighted by Gasteiger charge is -2.03. The monoisotopic (exact) mass is 213 g/mol. The highest BCUT2D eigenvalue weighted by Crippen LogP contribution is 2.13. The summed E-state index contributed by atoms with van der Waals surface area (Å²) in [5, 5.41) is 5.40. The molecule has 0 aliphatic heterocycles. The molecule has 2 heterocycles. The first-order chi connectivity index (χ1) is 7.34. The fraction of sp³-hybridized carbons (Fsp3) is 0. The number of para-hydroxylation sites is 1. The molecule has 0 spiro atoms. The van der Waals surface area contributed by atoms with Crippen molar-refractivity contribution in [1.29, 1.82) is 0 Å². The van der Waals surface area contributed by atoms with E-state index in [4.69, 9.17) is 12.2 Å². The Kier molecular flexibility index (Phi) is 1.76. The molecule has 4 heteroatoms. The number of hydrogen-bond acceptors (Lipinski definition) is 3. The second-order valence-corrected chi connectivity index (χ2v) is 3.68. The van der Waals surface area contributed by atoms with E-state index in [0.717, 1.165) is 16.6 Å². The third-order valence-corrected chi connectivity index (χ3v) is 2.50. The Morgan fingerprint density at radius 2 is 1.93 bits per heavy atom. The Morgan fingerprint density at radius 1 is 1.07 bits per heavy atom. The van der Waals surface area contributed by atoms with Gasteiger partial charge < -0.3 is 0 Å². The summed E-state index contributed by atoms with van der Waals surface area (Å²) in [6, 6.07) is 12.0. The summed E-state index contributed by atoms with van der Waals surface area (Å²) in [6.07, 6.45) is 1.59. The number of fused-ring (bicyclic) bond motifs is 3. The first-order valence-electron chi connectivity index (χ1n) is 4.58. The molecule has 1 aromatic carbocycles. The van der Waals surface area contributed by atoms with Crippen LogP contribution in [-0.2, 0) is 0 Å². The van der Waals surface area contributed by atoms with Crippen molar-refractivity contribution in [3.05, 3.63) is 47.2 Å². The summed E-state index contributed by atoms with van der Waals surface area (Å²) in [4.78, 5) is 4.24. The fourth-order valence-corrected chi connectivity index (χ4v) is 1.78. The molecule has 3 nitrogen and oxygen atoms in total. The minimum Gasteiger partial charge on any atom is -0.216 e.